The third-order valence-corrected chi connectivity index (χ3v) is 2.31. The van der Waals surface area contributed by atoms with Crippen molar-refractivity contribution in [3.8, 4) is 0 Å². The molecule has 1 rings (SSSR count). The second-order valence-electron chi connectivity index (χ2n) is 1.96. The Hall–Kier alpha value is -0.300. The third-order valence-electron chi connectivity index (χ3n) is 1.20. The van der Waals surface area contributed by atoms with E-state index < -0.39 is 0 Å². The number of hydrogen-bond donors (Lipinski definition) is 0. The monoisotopic (exact) mass is 191 g/mol. The van der Waals surface area contributed by atoms with Crippen molar-refractivity contribution in [3.63, 3.8) is 0 Å². The fourth-order valence-corrected chi connectivity index (χ4v) is 1.29. The van der Waals surface area contributed by atoms with E-state index in [9.17, 15) is 0 Å². The summed E-state index contributed by atoms with van der Waals surface area (Å²) in [4.78, 5) is 4.91. The smallest absolute Gasteiger partial charge is 0.180 e. The molecule has 0 aliphatic heterocycles. The minimum absolute atomic E-state index is 0.568. The lowest BCUT2D eigenvalue weighted by Gasteiger charge is -2.12. The van der Waals surface area contributed by atoms with Gasteiger partial charge in [0.25, 0.3) is 0 Å². The fourth-order valence-electron chi connectivity index (χ4n) is 0.574. The molecule has 62 valence electrons. The number of aromatic nitrogens is 2. The molecule has 0 bridgehead atoms. The molecule has 0 aromatic carbocycles. The quantitative estimate of drug-likeness (QED) is 0.529. The zero-order valence-electron chi connectivity index (χ0n) is 6.35. The van der Waals surface area contributed by atoms with Crippen molar-refractivity contribution in [1.29, 1.82) is 0 Å². The van der Waals surface area contributed by atoms with Gasteiger partial charge in [0.2, 0.25) is 0 Å². The first kappa shape index (κ1) is 8.79. The van der Waals surface area contributed by atoms with Gasteiger partial charge in [-0.2, -0.15) is 10.2 Å². The van der Waals surface area contributed by atoms with Crippen LogP contribution < -0.4 is 0 Å². The van der Waals surface area contributed by atoms with Crippen molar-refractivity contribution >= 4 is 23.6 Å². The average Bonchev–Trinajstić information content (AvgIpc) is 2.37. The first-order chi connectivity index (χ1) is 5.24. The Bertz CT molecular complexity index is 269. The van der Waals surface area contributed by atoms with Crippen molar-refractivity contribution in [2.24, 2.45) is 0 Å². The molecular formula is C5H9N3OS2. The number of hydroxylamine groups is 2. The topological polar surface area (TPSA) is 30.3 Å². The van der Waals surface area contributed by atoms with Gasteiger partial charge in [0.15, 0.2) is 3.95 Å². The SMILES string of the molecule is CON(C)Cn1ncsc1=S. The summed E-state index contributed by atoms with van der Waals surface area (Å²) in [5.41, 5.74) is 1.71. The van der Waals surface area contributed by atoms with Gasteiger partial charge >= 0.3 is 0 Å². The van der Waals surface area contributed by atoms with E-state index in [1.807, 2.05) is 7.05 Å². The summed E-state index contributed by atoms with van der Waals surface area (Å²) in [5, 5.41) is 5.66. The highest BCUT2D eigenvalue weighted by Gasteiger charge is 1.98. The first-order valence-corrected chi connectivity index (χ1v) is 4.28. The summed E-state index contributed by atoms with van der Waals surface area (Å²) in [6, 6.07) is 0. The lowest BCUT2D eigenvalue weighted by Crippen LogP contribution is -2.21. The molecule has 0 saturated carbocycles. The second kappa shape index (κ2) is 3.91. The number of hydrogen-bond acceptors (Lipinski definition) is 5. The van der Waals surface area contributed by atoms with Gasteiger partial charge in [0, 0.05) is 7.05 Å². The van der Waals surface area contributed by atoms with Crippen molar-refractivity contribution < 1.29 is 4.84 Å². The van der Waals surface area contributed by atoms with Crippen LogP contribution in [0.3, 0.4) is 0 Å². The normalized spacial score (nSPS) is 10.8. The molecule has 1 heterocycles. The van der Waals surface area contributed by atoms with Gasteiger partial charge < -0.3 is 4.84 Å². The van der Waals surface area contributed by atoms with E-state index in [1.165, 1.54) is 11.3 Å². The molecule has 0 atom stereocenters. The molecule has 0 aliphatic rings. The van der Waals surface area contributed by atoms with Gasteiger partial charge in [-0.05, 0) is 12.2 Å². The van der Waals surface area contributed by atoms with Crippen LogP contribution in [-0.2, 0) is 11.5 Å². The van der Waals surface area contributed by atoms with Crippen LogP contribution >= 0.6 is 23.6 Å². The van der Waals surface area contributed by atoms with Crippen LogP contribution in [0.1, 0.15) is 0 Å². The Labute approximate surface area is 74.0 Å². The number of nitrogens with zero attached hydrogens (tertiary/aromatic N) is 3. The Morgan fingerprint density at radius 3 is 3.09 bits per heavy atom. The molecule has 0 N–H and O–H groups in total. The molecule has 0 spiro atoms. The van der Waals surface area contributed by atoms with Crippen LogP contribution in [0.4, 0.5) is 0 Å². The zero-order chi connectivity index (χ0) is 8.27. The summed E-state index contributed by atoms with van der Waals surface area (Å²) in [6.45, 7) is 0.568. The first-order valence-electron chi connectivity index (χ1n) is 3.00. The lowest BCUT2D eigenvalue weighted by molar-refractivity contribution is -0.134. The maximum absolute atomic E-state index is 4.99. The van der Waals surface area contributed by atoms with Gasteiger partial charge in [-0.15, -0.1) is 0 Å². The highest BCUT2D eigenvalue weighted by Crippen LogP contribution is 1.99. The summed E-state index contributed by atoms with van der Waals surface area (Å²) in [6.07, 6.45) is 0. The molecule has 0 unspecified atom stereocenters. The Morgan fingerprint density at radius 2 is 2.64 bits per heavy atom. The average molecular weight is 191 g/mol. The predicted molar refractivity (Wildman–Crippen MR) is 45.7 cm³/mol. The van der Waals surface area contributed by atoms with Crippen LogP contribution in [0.2, 0.25) is 0 Å². The molecule has 1 aromatic rings. The maximum atomic E-state index is 4.99. The summed E-state index contributed by atoms with van der Waals surface area (Å²) in [7, 11) is 3.43. The van der Waals surface area contributed by atoms with E-state index in [-0.39, 0.29) is 0 Å². The van der Waals surface area contributed by atoms with E-state index in [0.717, 1.165) is 3.95 Å². The summed E-state index contributed by atoms with van der Waals surface area (Å²) >= 11 is 6.43. The molecule has 6 heteroatoms. The van der Waals surface area contributed by atoms with E-state index in [4.69, 9.17) is 17.1 Å². The van der Waals surface area contributed by atoms with E-state index in [1.54, 1.807) is 22.4 Å². The van der Waals surface area contributed by atoms with Crippen molar-refractivity contribution in [1.82, 2.24) is 14.8 Å². The van der Waals surface area contributed by atoms with Crippen LogP contribution in [-0.4, -0.2) is 29.0 Å². The van der Waals surface area contributed by atoms with Crippen molar-refractivity contribution in [2.75, 3.05) is 14.2 Å². The number of rotatable bonds is 3. The summed E-state index contributed by atoms with van der Waals surface area (Å²) in [5.74, 6) is 0. The minimum Gasteiger partial charge on any atom is -0.301 e. The fraction of sp³-hybridized carbons (Fsp3) is 0.600. The third kappa shape index (κ3) is 2.33. The Morgan fingerprint density at radius 1 is 1.91 bits per heavy atom. The summed E-state index contributed by atoms with van der Waals surface area (Å²) < 4.78 is 2.46. The van der Waals surface area contributed by atoms with Gasteiger partial charge in [0.1, 0.15) is 12.2 Å². The van der Waals surface area contributed by atoms with Gasteiger partial charge in [-0.3, -0.25) is 0 Å². The molecule has 0 aliphatic carbocycles. The molecule has 0 amide bonds. The lowest BCUT2D eigenvalue weighted by atomic mass is 11.0. The highest BCUT2D eigenvalue weighted by molar-refractivity contribution is 7.73. The van der Waals surface area contributed by atoms with Crippen LogP contribution in [0.5, 0.6) is 0 Å². The predicted octanol–water partition coefficient (Wildman–Crippen LogP) is 1.12. The van der Waals surface area contributed by atoms with Gasteiger partial charge in [-0.1, -0.05) is 11.3 Å². The van der Waals surface area contributed by atoms with E-state index >= 15 is 0 Å². The Kier molecular flexibility index (Phi) is 3.13. The van der Waals surface area contributed by atoms with Crippen LogP contribution in [0.25, 0.3) is 0 Å². The van der Waals surface area contributed by atoms with E-state index in [0.29, 0.717) is 6.67 Å². The Balaban J connectivity index is 2.64. The molecule has 0 saturated heterocycles. The van der Waals surface area contributed by atoms with Crippen LogP contribution in [0.15, 0.2) is 5.51 Å². The zero-order valence-corrected chi connectivity index (χ0v) is 7.98. The molecule has 0 fully saturated rings. The van der Waals surface area contributed by atoms with Crippen LogP contribution in [0, 0.1) is 3.95 Å². The van der Waals surface area contributed by atoms with Gasteiger partial charge in [0.05, 0.1) is 7.11 Å². The minimum atomic E-state index is 0.568. The largest absolute Gasteiger partial charge is 0.301 e. The molecule has 1 aromatic heterocycles. The van der Waals surface area contributed by atoms with E-state index in [2.05, 4.69) is 5.10 Å². The van der Waals surface area contributed by atoms with Crippen molar-refractivity contribution in [2.45, 2.75) is 6.67 Å². The molecule has 4 nitrogen and oxygen atoms in total. The van der Waals surface area contributed by atoms with Crippen molar-refractivity contribution in [3.05, 3.63) is 9.46 Å². The highest BCUT2D eigenvalue weighted by atomic mass is 32.1. The van der Waals surface area contributed by atoms with Gasteiger partial charge in [-0.25, -0.2) is 4.68 Å². The second-order valence-corrected chi connectivity index (χ2v) is 3.43. The molecule has 11 heavy (non-hydrogen) atoms. The molecular weight excluding hydrogens is 182 g/mol. The molecule has 0 radical (unpaired) electrons. The standard InChI is InChI=1S/C5H9N3OS2/c1-7(9-2)4-8-5(10)11-3-6-8/h3H,4H2,1-2H3. The maximum Gasteiger partial charge on any atom is 0.180 e.